The molecule has 2 aromatic carbocycles. The monoisotopic (exact) mass is 467 g/mol. The Balaban J connectivity index is 1.33. The van der Waals surface area contributed by atoms with Gasteiger partial charge < -0.3 is 10.1 Å². The third kappa shape index (κ3) is 5.59. The van der Waals surface area contributed by atoms with Crippen molar-refractivity contribution < 1.29 is 13.9 Å². The van der Waals surface area contributed by atoms with Crippen LogP contribution in [-0.2, 0) is 13.3 Å². The van der Waals surface area contributed by atoms with Gasteiger partial charge in [-0.2, -0.15) is 10.2 Å². The van der Waals surface area contributed by atoms with Crippen molar-refractivity contribution in [1.82, 2.24) is 19.6 Å². The van der Waals surface area contributed by atoms with E-state index in [9.17, 15) is 9.18 Å². The smallest absolute Gasteiger partial charge is 0.277 e. The summed E-state index contributed by atoms with van der Waals surface area (Å²) >= 11 is 6.07. The molecular formula is C24H23ClFN5O2. The van der Waals surface area contributed by atoms with Crippen molar-refractivity contribution in [3.05, 3.63) is 94.7 Å². The number of halogens is 2. The van der Waals surface area contributed by atoms with E-state index in [1.165, 1.54) is 21.0 Å². The van der Waals surface area contributed by atoms with Crippen LogP contribution in [0, 0.1) is 5.82 Å². The molecule has 1 amide bonds. The van der Waals surface area contributed by atoms with Crippen LogP contribution in [0.2, 0.25) is 5.02 Å². The number of benzene rings is 2. The number of aromatic nitrogens is 4. The van der Waals surface area contributed by atoms with Crippen LogP contribution in [0.3, 0.4) is 0 Å². The van der Waals surface area contributed by atoms with Crippen molar-refractivity contribution in [3.8, 4) is 5.75 Å². The molecule has 0 saturated heterocycles. The Labute approximate surface area is 195 Å². The first-order chi connectivity index (χ1) is 15.9. The van der Waals surface area contributed by atoms with Crippen molar-refractivity contribution in [1.29, 1.82) is 0 Å². The lowest BCUT2D eigenvalue weighted by molar-refractivity contribution is 0.101. The minimum absolute atomic E-state index is 0.144. The number of hydrogen-bond acceptors (Lipinski definition) is 4. The molecule has 7 nitrogen and oxygen atoms in total. The van der Waals surface area contributed by atoms with Gasteiger partial charge in [0, 0.05) is 29.0 Å². The van der Waals surface area contributed by atoms with E-state index in [0.717, 1.165) is 5.75 Å². The topological polar surface area (TPSA) is 74.0 Å². The third-order valence-electron chi connectivity index (χ3n) is 5.05. The van der Waals surface area contributed by atoms with Crippen LogP contribution in [0.5, 0.6) is 5.75 Å². The summed E-state index contributed by atoms with van der Waals surface area (Å²) in [7, 11) is 0. The lowest BCUT2D eigenvalue weighted by Crippen LogP contribution is -2.15. The molecule has 0 radical (unpaired) electrons. The zero-order chi connectivity index (χ0) is 23.4. The molecule has 170 valence electrons. The minimum Gasteiger partial charge on any atom is -0.471 e. The van der Waals surface area contributed by atoms with Crippen LogP contribution in [0.15, 0.2) is 67.0 Å². The van der Waals surface area contributed by atoms with Gasteiger partial charge in [-0.3, -0.25) is 9.48 Å². The van der Waals surface area contributed by atoms with E-state index in [1.54, 1.807) is 36.7 Å². The molecule has 0 unspecified atom stereocenters. The van der Waals surface area contributed by atoms with Crippen LogP contribution in [0.25, 0.3) is 0 Å². The number of ether oxygens (including phenoxy) is 1. The first kappa shape index (κ1) is 22.5. The Bertz CT molecular complexity index is 1230. The van der Waals surface area contributed by atoms with Gasteiger partial charge in [0.1, 0.15) is 11.6 Å². The van der Waals surface area contributed by atoms with Crippen LogP contribution in [-0.4, -0.2) is 25.5 Å². The summed E-state index contributed by atoms with van der Waals surface area (Å²) in [6.07, 6.45) is 3.30. The van der Waals surface area contributed by atoms with E-state index >= 15 is 0 Å². The van der Waals surface area contributed by atoms with Crippen molar-refractivity contribution in [2.24, 2.45) is 0 Å². The van der Waals surface area contributed by atoms with E-state index < -0.39 is 11.7 Å². The van der Waals surface area contributed by atoms with Gasteiger partial charge in [0.2, 0.25) is 0 Å². The summed E-state index contributed by atoms with van der Waals surface area (Å²) in [4.78, 5) is 12.5. The molecule has 0 fully saturated rings. The minimum atomic E-state index is -0.413. The first-order valence-electron chi connectivity index (χ1n) is 10.4. The van der Waals surface area contributed by atoms with Crippen LogP contribution in [0.1, 0.15) is 41.4 Å². The summed E-state index contributed by atoms with van der Waals surface area (Å²) in [5.74, 6) is 0.677. The standard InChI is InChI=1S/C24H23ClFN5O2/c1-16(2)17-6-8-18(9-7-17)33-15-31-12-10-22(28-31)24(32)27-23-11-13-30(29-23)14-19-20(25)4-3-5-21(19)26/h3-13,16H,14-15H2,1-2H3,(H,27,29,32). The molecule has 9 heteroatoms. The number of hydrogen-bond donors (Lipinski definition) is 1. The normalized spacial score (nSPS) is 11.1. The van der Waals surface area contributed by atoms with E-state index in [4.69, 9.17) is 16.3 Å². The fourth-order valence-electron chi connectivity index (χ4n) is 3.19. The van der Waals surface area contributed by atoms with Gasteiger partial charge in [0.25, 0.3) is 5.91 Å². The third-order valence-corrected chi connectivity index (χ3v) is 5.40. The summed E-state index contributed by atoms with van der Waals surface area (Å²) in [5, 5.41) is 11.5. The van der Waals surface area contributed by atoms with Gasteiger partial charge in [-0.25, -0.2) is 9.07 Å². The Morgan fingerprint density at radius 2 is 1.82 bits per heavy atom. The molecule has 1 N–H and O–H groups in total. The maximum atomic E-state index is 14.0. The molecule has 0 saturated carbocycles. The first-order valence-corrected chi connectivity index (χ1v) is 10.8. The number of carbonyl (C=O) groups excluding carboxylic acids is 1. The van der Waals surface area contributed by atoms with Crippen LogP contribution in [0.4, 0.5) is 10.2 Å². The summed E-state index contributed by atoms with van der Waals surface area (Å²) < 4.78 is 22.7. The van der Waals surface area contributed by atoms with Crippen LogP contribution >= 0.6 is 11.6 Å². The zero-order valence-corrected chi connectivity index (χ0v) is 19.0. The summed E-state index contributed by atoms with van der Waals surface area (Å²) in [5.41, 5.74) is 1.79. The van der Waals surface area contributed by atoms with Crippen molar-refractivity contribution in [2.75, 3.05) is 5.32 Å². The van der Waals surface area contributed by atoms with Crippen molar-refractivity contribution >= 4 is 23.3 Å². The molecule has 0 spiro atoms. The van der Waals surface area contributed by atoms with Crippen LogP contribution < -0.4 is 10.1 Å². The average Bonchev–Trinajstić information content (AvgIpc) is 3.45. The Morgan fingerprint density at radius 1 is 1.06 bits per heavy atom. The highest BCUT2D eigenvalue weighted by Gasteiger charge is 2.13. The summed E-state index contributed by atoms with van der Waals surface area (Å²) in [6, 6.07) is 15.6. The molecular weight excluding hydrogens is 445 g/mol. The molecule has 0 aliphatic rings. The van der Waals surface area contributed by atoms with Crippen molar-refractivity contribution in [3.63, 3.8) is 0 Å². The maximum absolute atomic E-state index is 14.0. The molecule has 33 heavy (non-hydrogen) atoms. The number of anilines is 1. The largest absolute Gasteiger partial charge is 0.471 e. The number of carbonyl (C=O) groups is 1. The lowest BCUT2D eigenvalue weighted by Gasteiger charge is -2.09. The van der Waals surface area contributed by atoms with E-state index in [2.05, 4.69) is 29.4 Å². The predicted octanol–water partition coefficient (Wildman–Crippen LogP) is 5.33. The molecule has 0 atom stereocenters. The second kappa shape index (κ2) is 9.87. The number of rotatable bonds is 8. The highest BCUT2D eigenvalue weighted by atomic mass is 35.5. The maximum Gasteiger partial charge on any atom is 0.277 e. The average molecular weight is 468 g/mol. The van der Waals surface area contributed by atoms with Gasteiger partial charge in [-0.1, -0.05) is 43.6 Å². The number of nitrogens with zero attached hydrogens (tertiary/aromatic N) is 4. The van der Waals surface area contributed by atoms with E-state index in [-0.39, 0.29) is 19.0 Å². The molecule has 2 heterocycles. The molecule has 2 aromatic heterocycles. The highest BCUT2D eigenvalue weighted by Crippen LogP contribution is 2.21. The van der Waals surface area contributed by atoms with Crippen molar-refractivity contribution in [2.45, 2.75) is 33.0 Å². The molecule has 4 aromatic rings. The summed E-state index contributed by atoms with van der Waals surface area (Å²) in [6.45, 7) is 4.59. The molecule has 0 aliphatic heterocycles. The van der Waals surface area contributed by atoms with Gasteiger partial charge >= 0.3 is 0 Å². The van der Waals surface area contributed by atoms with E-state index in [0.29, 0.717) is 22.3 Å². The molecule has 0 bridgehead atoms. The van der Waals surface area contributed by atoms with E-state index in [1.807, 2.05) is 24.3 Å². The second-order valence-corrected chi connectivity index (χ2v) is 8.20. The Kier molecular flexibility index (Phi) is 6.74. The quantitative estimate of drug-likeness (QED) is 0.380. The number of amides is 1. The lowest BCUT2D eigenvalue weighted by atomic mass is 10.0. The van der Waals surface area contributed by atoms with Gasteiger partial charge in [-0.05, 0) is 41.8 Å². The SMILES string of the molecule is CC(C)c1ccc(OCn2ccc(C(=O)Nc3ccn(Cc4c(F)cccc4Cl)n3)n2)cc1. The van der Waals surface area contributed by atoms with Gasteiger partial charge in [0.05, 0.1) is 6.54 Å². The second-order valence-electron chi connectivity index (χ2n) is 7.79. The Morgan fingerprint density at radius 3 is 2.55 bits per heavy atom. The highest BCUT2D eigenvalue weighted by molar-refractivity contribution is 6.31. The fourth-order valence-corrected chi connectivity index (χ4v) is 3.41. The number of nitrogens with one attached hydrogen (secondary N) is 1. The fraction of sp³-hybridized carbons (Fsp3) is 0.208. The van der Waals surface area contributed by atoms with Gasteiger partial charge in [-0.15, -0.1) is 0 Å². The van der Waals surface area contributed by atoms with Gasteiger partial charge in [0.15, 0.2) is 18.2 Å². The zero-order valence-electron chi connectivity index (χ0n) is 18.2. The molecule has 4 rings (SSSR count). The molecule has 0 aliphatic carbocycles. The Hall–Kier alpha value is -3.65. The predicted molar refractivity (Wildman–Crippen MR) is 124 cm³/mol.